The second-order valence-corrected chi connectivity index (χ2v) is 9.20. The SMILES string of the molecule is CC1=C(C(=O)OCC(C)C)C(c2cccc(Oc3ccccc3)c2)N2C(=O)CCSC2=N1. The Hall–Kier alpha value is -3.06. The number of hydrogen-bond acceptors (Lipinski definition) is 6. The molecule has 1 saturated heterocycles. The molecule has 0 spiro atoms. The molecule has 0 aliphatic carbocycles. The van der Waals surface area contributed by atoms with E-state index in [0.717, 1.165) is 5.56 Å². The fourth-order valence-electron chi connectivity index (χ4n) is 3.67. The van der Waals surface area contributed by atoms with Crippen LogP contribution in [0.3, 0.4) is 0 Å². The van der Waals surface area contributed by atoms with Crippen molar-refractivity contribution in [2.75, 3.05) is 12.4 Å². The zero-order valence-corrected chi connectivity index (χ0v) is 19.2. The molecule has 2 aromatic carbocycles. The topological polar surface area (TPSA) is 68.2 Å². The van der Waals surface area contributed by atoms with Crippen molar-refractivity contribution in [2.24, 2.45) is 10.9 Å². The van der Waals surface area contributed by atoms with Crippen molar-refractivity contribution in [3.8, 4) is 11.5 Å². The maximum absolute atomic E-state index is 13.1. The van der Waals surface area contributed by atoms with Gasteiger partial charge in [0.15, 0.2) is 5.17 Å². The summed E-state index contributed by atoms with van der Waals surface area (Å²) in [6, 6.07) is 16.4. The molecular formula is C25H26N2O4S. The van der Waals surface area contributed by atoms with Gasteiger partial charge in [-0.15, -0.1) is 0 Å². The van der Waals surface area contributed by atoms with E-state index in [0.29, 0.717) is 46.7 Å². The predicted molar refractivity (Wildman–Crippen MR) is 126 cm³/mol. The summed E-state index contributed by atoms with van der Waals surface area (Å²) in [5, 5.41) is 0.624. The summed E-state index contributed by atoms with van der Waals surface area (Å²) in [6.07, 6.45) is 0.397. The van der Waals surface area contributed by atoms with Crippen LogP contribution >= 0.6 is 11.8 Å². The van der Waals surface area contributed by atoms with Gasteiger partial charge in [-0.1, -0.05) is 55.9 Å². The molecule has 0 bridgehead atoms. The van der Waals surface area contributed by atoms with Crippen molar-refractivity contribution < 1.29 is 19.1 Å². The molecule has 166 valence electrons. The van der Waals surface area contributed by atoms with Crippen molar-refractivity contribution in [2.45, 2.75) is 33.2 Å². The van der Waals surface area contributed by atoms with Gasteiger partial charge in [-0.25, -0.2) is 9.79 Å². The van der Waals surface area contributed by atoms with Crippen LogP contribution in [0.15, 0.2) is 70.9 Å². The molecule has 32 heavy (non-hydrogen) atoms. The lowest BCUT2D eigenvalue weighted by Crippen LogP contribution is -2.45. The van der Waals surface area contributed by atoms with Gasteiger partial charge in [0, 0.05) is 12.2 Å². The highest BCUT2D eigenvalue weighted by atomic mass is 32.2. The molecule has 1 unspecified atom stereocenters. The average Bonchev–Trinajstić information content (AvgIpc) is 2.77. The Balaban J connectivity index is 1.74. The number of amidine groups is 1. The maximum Gasteiger partial charge on any atom is 0.338 e. The number of carbonyl (C=O) groups excluding carboxylic acids is 2. The molecule has 0 N–H and O–H groups in total. The zero-order chi connectivity index (χ0) is 22.7. The standard InChI is InChI=1S/C25H26N2O4S/c1-16(2)15-30-24(29)22-17(3)26-25-27(21(28)12-13-32-25)23(22)18-8-7-11-20(14-18)31-19-9-5-4-6-10-19/h4-11,14,16,23H,12-13,15H2,1-3H3. The van der Waals surface area contributed by atoms with Gasteiger partial charge in [-0.2, -0.15) is 0 Å². The highest BCUT2D eigenvalue weighted by Crippen LogP contribution is 2.41. The van der Waals surface area contributed by atoms with Crippen molar-refractivity contribution in [3.05, 3.63) is 71.4 Å². The third kappa shape index (κ3) is 4.72. The number of aliphatic imine (C=N–C) groups is 1. The Morgan fingerprint density at radius 3 is 2.66 bits per heavy atom. The van der Waals surface area contributed by atoms with E-state index in [2.05, 4.69) is 4.99 Å². The summed E-state index contributed by atoms with van der Waals surface area (Å²) < 4.78 is 11.6. The fraction of sp³-hybridized carbons (Fsp3) is 0.320. The molecule has 6 nitrogen and oxygen atoms in total. The molecule has 2 aliphatic rings. The van der Waals surface area contributed by atoms with Gasteiger partial charge in [0.1, 0.15) is 11.5 Å². The molecule has 2 aromatic rings. The van der Waals surface area contributed by atoms with Crippen molar-refractivity contribution in [1.82, 2.24) is 4.90 Å². The second-order valence-electron chi connectivity index (χ2n) is 8.14. The minimum atomic E-state index is -0.609. The van der Waals surface area contributed by atoms with Crippen LogP contribution in [0.1, 0.15) is 38.8 Å². The van der Waals surface area contributed by atoms with Gasteiger partial charge in [-0.3, -0.25) is 9.69 Å². The van der Waals surface area contributed by atoms with Crippen LogP contribution in [0.4, 0.5) is 0 Å². The van der Waals surface area contributed by atoms with E-state index in [-0.39, 0.29) is 11.8 Å². The zero-order valence-electron chi connectivity index (χ0n) is 18.4. The lowest BCUT2D eigenvalue weighted by molar-refractivity contribution is -0.141. The fourth-order valence-corrected chi connectivity index (χ4v) is 4.67. The molecule has 7 heteroatoms. The number of rotatable bonds is 6. The van der Waals surface area contributed by atoms with Gasteiger partial charge >= 0.3 is 5.97 Å². The van der Waals surface area contributed by atoms with Gasteiger partial charge < -0.3 is 9.47 Å². The molecule has 2 heterocycles. The first-order chi connectivity index (χ1) is 15.4. The predicted octanol–water partition coefficient (Wildman–Crippen LogP) is 5.33. The molecule has 0 aromatic heterocycles. The molecule has 0 radical (unpaired) electrons. The molecule has 1 amide bonds. The minimum Gasteiger partial charge on any atom is -0.462 e. The number of benzene rings is 2. The summed E-state index contributed by atoms with van der Waals surface area (Å²) in [4.78, 5) is 32.3. The first-order valence-electron chi connectivity index (χ1n) is 10.7. The van der Waals surface area contributed by atoms with E-state index >= 15 is 0 Å². The Labute approximate surface area is 192 Å². The summed E-state index contributed by atoms with van der Waals surface area (Å²) in [5.74, 6) is 1.73. The quantitative estimate of drug-likeness (QED) is 0.557. The smallest absolute Gasteiger partial charge is 0.338 e. The van der Waals surface area contributed by atoms with Gasteiger partial charge in [0.2, 0.25) is 5.91 Å². The summed E-state index contributed by atoms with van der Waals surface area (Å²) in [6.45, 7) is 6.07. The Morgan fingerprint density at radius 1 is 1.16 bits per heavy atom. The van der Waals surface area contributed by atoms with E-state index in [1.807, 2.05) is 68.4 Å². The van der Waals surface area contributed by atoms with Crippen LogP contribution in [0.25, 0.3) is 0 Å². The summed E-state index contributed by atoms with van der Waals surface area (Å²) in [7, 11) is 0. The van der Waals surface area contributed by atoms with Crippen molar-refractivity contribution >= 4 is 28.8 Å². The number of amides is 1. The lowest BCUT2D eigenvalue weighted by atomic mass is 9.94. The number of carbonyl (C=O) groups is 2. The monoisotopic (exact) mass is 450 g/mol. The molecule has 1 fully saturated rings. The van der Waals surface area contributed by atoms with Crippen LogP contribution in [0.5, 0.6) is 11.5 Å². The van der Waals surface area contributed by atoms with Gasteiger partial charge in [-0.05, 0) is 42.7 Å². The van der Waals surface area contributed by atoms with E-state index in [1.54, 1.807) is 11.8 Å². The number of fused-ring (bicyclic) bond motifs is 1. The summed E-state index contributed by atoms with van der Waals surface area (Å²) in [5.41, 5.74) is 1.74. The second kappa shape index (κ2) is 9.61. The molecule has 4 rings (SSSR count). The Bertz CT molecular complexity index is 1080. The summed E-state index contributed by atoms with van der Waals surface area (Å²) >= 11 is 1.53. The number of thioether (sulfide) groups is 1. The lowest BCUT2D eigenvalue weighted by Gasteiger charge is -2.39. The normalized spacial score (nSPS) is 18.4. The first-order valence-corrected chi connectivity index (χ1v) is 11.7. The largest absolute Gasteiger partial charge is 0.462 e. The van der Waals surface area contributed by atoms with Crippen LogP contribution < -0.4 is 4.74 Å². The minimum absolute atomic E-state index is 0.0523. The molecule has 1 atom stereocenters. The maximum atomic E-state index is 13.1. The highest BCUT2D eigenvalue weighted by molar-refractivity contribution is 8.14. The number of nitrogens with zero attached hydrogens (tertiary/aromatic N) is 2. The number of ether oxygens (including phenoxy) is 2. The van der Waals surface area contributed by atoms with Gasteiger partial charge in [0.05, 0.1) is 23.9 Å². The van der Waals surface area contributed by atoms with Crippen LogP contribution in [0.2, 0.25) is 0 Å². The highest BCUT2D eigenvalue weighted by Gasteiger charge is 2.41. The molecular weight excluding hydrogens is 424 g/mol. The number of esters is 1. The molecule has 2 aliphatic heterocycles. The first kappa shape index (κ1) is 22.1. The van der Waals surface area contributed by atoms with E-state index < -0.39 is 12.0 Å². The van der Waals surface area contributed by atoms with Crippen LogP contribution in [-0.4, -0.2) is 34.3 Å². The van der Waals surface area contributed by atoms with Gasteiger partial charge in [0.25, 0.3) is 0 Å². The van der Waals surface area contributed by atoms with Crippen molar-refractivity contribution in [1.29, 1.82) is 0 Å². The Kier molecular flexibility index (Phi) is 6.65. The number of hydrogen-bond donors (Lipinski definition) is 0. The third-order valence-electron chi connectivity index (χ3n) is 5.13. The number of para-hydroxylation sites is 1. The van der Waals surface area contributed by atoms with E-state index in [4.69, 9.17) is 9.47 Å². The Morgan fingerprint density at radius 2 is 1.91 bits per heavy atom. The van der Waals surface area contributed by atoms with Crippen molar-refractivity contribution in [3.63, 3.8) is 0 Å². The third-order valence-corrected chi connectivity index (χ3v) is 6.08. The van der Waals surface area contributed by atoms with E-state index in [1.165, 1.54) is 11.8 Å². The van der Waals surface area contributed by atoms with E-state index in [9.17, 15) is 9.59 Å². The number of allylic oxidation sites excluding steroid dienone is 1. The van der Waals surface area contributed by atoms with Crippen LogP contribution in [-0.2, 0) is 14.3 Å². The molecule has 0 saturated carbocycles. The average molecular weight is 451 g/mol. The van der Waals surface area contributed by atoms with Crippen LogP contribution in [0, 0.1) is 5.92 Å².